The van der Waals surface area contributed by atoms with Gasteiger partial charge < -0.3 is 5.11 Å². The lowest BCUT2D eigenvalue weighted by Gasteiger charge is -2.38. The van der Waals surface area contributed by atoms with Crippen LogP contribution in [0.4, 0.5) is 0 Å². The van der Waals surface area contributed by atoms with Gasteiger partial charge in [-0.15, -0.1) is 0 Å². The van der Waals surface area contributed by atoms with Crippen molar-refractivity contribution in [1.82, 2.24) is 0 Å². The maximum atomic E-state index is 11.7. The molecule has 3 aliphatic rings. The Morgan fingerprint density at radius 2 is 1.53 bits per heavy atom. The number of ketones is 1. The molecular formula is C13H20O2. The lowest BCUT2D eigenvalue weighted by atomic mass is 9.65. The lowest BCUT2D eigenvalue weighted by molar-refractivity contribution is -0.118. The fourth-order valence-corrected chi connectivity index (χ4v) is 4.76. The maximum absolute atomic E-state index is 11.7. The van der Waals surface area contributed by atoms with Gasteiger partial charge in [-0.25, -0.2) is 0 Å². The number of rotatable bonds is 0. The van der Waals surface area contributed by atoms with Crippen LogP contribution in [0.3, 0.4) is 0 Å². The van der Waals surface area contributed by atoms with Crippen molar-refractivity contribution in [3.8, 4) is 0 Å². The first-order valence-electron chi connectivity index (χ1n) is 6.36. The first-order valence-corrected chi connectivity index (χ1v) is 6.36. The lowest BCUT2D eigenvalue weighted by Crippen LogP contribution is -2.30. The first-order chi connectivity index (χ1) is 7.16. The molecule has 3 aliphatic carbocycles. The molecule has 0 aromatic heterocycles. The van der Waals surface area contributed by atoms with Gasteiger partial charge in [-0.1, -0.05) is 19.3 Å². The SMILES string of the molecule is O=C1C[C@]23CCCCC[C@]2(C1)CC(O)C3. The fourth-order valence-electron chi connectivity index (χ4n) is 4.76. The molecule has 0 radical (unpaired) electrons. The second kappa shape index (κ2) is 3.07. The molecule has 0 saturated heterocycles. The fraction of sp³-hybridized carbons (Fsp3) is 0.923. The summed E-state index contributed by atoms with van der Waals surface area (Å²) in [5.74, 6) is 0.462. The van der Waals surface area contributed by atoms with E-state index in [4.69, 9.17) is 0 Å². The molecule has 0 spiro atoms. The minimum atomic E-state index is -0.129. The maximum Gasteiger partial charge on any atom is 0.134 e. The highest BCUT2D eigenvalue weighted by atomic mass is 16.3. The van der Waals surface area contributed by atoms with Gasteiger partial charge in [-0.05, 0) is 36.5 Å². The normalized spacial score (nSPS) is 46.3. The molecule has 3 rings (SSSR count). The average Bonchev–Trinajstić information content (AvgIpc) is 2.45. The van der Waals surface area contributed by atoms with Crippen LogP contribution in [0, 0.1) is 10.8 Å². The van der Waals surface area contributed by atoms with E-state index < -0.39 is 0 Å². The summed E-state index contributed by atoms with van der Waals surface area (Å²) in [6.45, 7) is 0. The summed E-state index contributed by atoms with van der Waals surface area (Å²) in [5, 5.41) is 9.92. The van der Waals surface area contributed by atoms with Crippen molar-refractivity contribution in [3.63, 3.8) is 0 Å². The molecule has 0 bridgehead atoms. The minimum absolute atomic E-state index is 0.129. The molecule has 0 heterocycles. The molecule has 2 heteroatoms. The number of hydrogen-bond acceptors (Lipinski definition) is 2. The monoisotopic (exact) mass is 208 g/mol. The van der Waals surface area contributed by atoms with Crippen LogP contribution in [0.5, 0.6) is 0 Å². The van der Waals surface area contributed by atoms with Crippen molar-refractivity contribution in [3.05, 3.63) is 0 Å². The van der Waals surface area contributed by atoms with E-state index in [-0.39, 0.29) is 16.9 Å². The number of carbonyl (C=O) groups excluding carboxylic acids is 1. The molecule has 0 aromatic carbocycles. The van der Waals surface area contributed by atoms with Crippen molar-refractivity contribution >= 4 is 5.78 Å². The Morgan fingerprint density at radius 1 is 1.00 bits per heavy atom. The van der Waals surface area contributed by atoms with E-state index in [0.717, 1.165) is 25.7 Å². The molecule has 0 aliphatic heterocycles. The van der Waals surface area contributed by atoms with Gasteiger partial charge in [-0.2, -0.15) is 0 Å². The predicted octanol–water partition coefficient (Wildman–Crippen LogP) is 2.44. The van der Waals surface area contributed by atoms with E-state index in [0.29, 0.717) is 5.78 Å². The smallest absolute Gasteiger partial charge is 0.134 e. The van der Waals surface area contributed by atoms with Gasteiger partial charge >= 0.3 is 0 Å². The van der Waals surface area contributed by atoms with E-state index in [2.05, 4.69) is 0 Å². The number of hydrogen-bond donors (Lipinski definition) is 1. The molecule has 0 amide bonds. The molecule has 3 fully saturated rings. The van der Waals surface area contributed by atoms with E-state index in [9.17, 15) is 9.90 Å². The molecule has 0 unspecified atom stereocenters. The standard InChI is InChI=1S/C13H20O2/c14-10-6-12-4-2-1-3-5-13(12,8-10)9-11(15)7-12/h10,14H,1-9H2/t12-,13-/m1/s1. The summed E-state index contributed by atoms with van der Waals surface area (Å²) >= 11 is 0. The van der Waals surface area contributed by atoms with Crippen molar-refractivity contribution in [2.45, 2.75) is 63.9 Å². The first kappa shape index (κ1) is 9.83. The second-order valence-electron chi connectivity index (χ2n) is 6.08. The largest absolute Gasteiger partial charge is 0.393 e. The highest BCUT2D eigenvalue weighted by Crippen LogP contribution is 2.67. The summed E-state index contributed by atoms with van der Waals surface area (Å²) in [6.07, 6.45) is 9.45. The topological polar surface area (TPSA) is 37.3 Å². The zero-order chi connectivity index (χ0) is 10.5. The van der Waals surface area contributed by atoms with E-state index in [1.165, 1.54) is 32.1 Å². The van der Waals surface area contributed by atoms with Crippen LogP contribution < -0.4 is 0 Å². The molecule has 84 valence electrons. The van der Waals surface area contributed by atoms with Gasteiger partial charge in [0.2, 0.25) is 0 Å². The molecule has 0 aromatic rings. The van der Waals surface area contributed by atoms with Crippen molar-refractivity contribution in [1.29, 1.82) is 0 Å². The highest BCUT2D eigenvalue weighted by Gasteiger charge is 2.62. The molecule has 2 nitrogen and oxygen atoms in total. The quantitative estimate of drug-likeness (QED) is 0.664. The number of carbonyl (C=O) groups is 1. The highest BCUT2D eigenvalue weighted by molar-refractivity contribution is 5.83. The van der Waals surface area contributed by atoms with Gasteiger partial charge in [0.25, 0.3) is 0 Å². The third kappa shape index (κ3) is 1.24. The zero-order valence-electron chi connectivity index (χ0n) is 9.30. The van der Waals surface area contributed by atoms with Crippen molar-refractivity contribution < 1.29 is 9.90 Å². The Morgan fingerprint density at radius 3 is 2.07 bits per heavy atom. The van der Waals surface area contributed by atoms with Crippen LogP contribution >= 0.6 is 0 Å². The van der Waals surface area contributed by atoms with Gasteiger partial charge in [0, 0.05) is 12.8 Å². The van der Waals surface area contributed by atoms with Crippen LogP contribution in [0.15, 0.2) is 0 Å². The Labute approximate surface area is 91.1 Å². The van der Waals surface area contributed by atoms with Crippen molar-refractivity contribution in [2.24, 2.45) is 10.8 Å². The van der Waals surface area contributed by atoms with Crippen LogP contribution in [0.1, 0.15) is 57.8 Å². The van der Waals surface area contributed by atoms with Crippen LogP contribution in [0.25, 0.3) is 0 Å². The summed E-state index contributed by atoms with van der Waals surface area (Å²) in [5.41, 5.74) is 0.417. The number of Topliss-reactive ketones (excluding diaryl/α,β-unsaturated/α-hetero) is 1. The average molecular weight is 208 g/mol. The van der Waals surface area contributed by atoms with E-state index in [1.807, 2.05) is 0 Å². The van der Waals surface area contributed by atoms with Crippen molar-refractivity contribution in [2.75, 3.05) is 0 Å². The molecule has 1 N–H and O–H groups in total. The van der Waals surface area contributed by atoms with Gasteiger partial charge in [0.1, 0.15) is 5.78 Å². The Hall–Kier alpha value is -0.370. The Kier molecular flexibility index (Phi) is 2.01. The van der Waals surface area contributed by atoms with Gasteiger partial charge in [0.15, 0.2) is 0 Å². The van der Waals surface area contributed by atoms with Crippen LogP contribution in [0.2, 0.25) is 0 Å². The van der Waals surface area contributed by atoms with E-state index in [1.54, 1.807) is 0 Å². The third-order valence-electron chi connectivity index (χ3n) is 5.26. The number of aliphatic hydroxyl groups excluding tert-OH is 1. The van der Waals surface area contributed by atoms with Crippen LogP contribution in [-0.4, -0.2) is 17.0 Å². The summed E-state index contributed by atoms with van der Waals surface area (Å²) < 4.78 is 0. The molecule has 15 heavy (non-hydrogen) atoms. The molecule has 2 atom stereocenters. The van der Waals surface area contributed by atoms with Crippen LogP contribution in [-0.2, 0) is 4.79 Å². The molecule has 3 saturated carbocycles. The summed E-state index contributed by atoms with van der Waals surface area (Å²) in [4.78, 5) is 11.7. The van der Waals surface area contributed by atoms with E-state index >= 15 is 0 Å². The summed E-state index contributed by atoms with van der Waals surface area (Å²) in [7, 11) is 0. The van der Waals surface area contributed by atoms with Gasteiger partial charge in [0.05, 0.1) is 6.10 Å². The predicted molar refractivity (Wildman–Crippen MR) is 57.4 cm³/mol. The Balaban J connectivity index is 2.01. The third-order valence-corrected chi connectivity index (χ3v) is 5.26. The Bertz CT molecular complexity index is 273. The second-order valence-corrected chi connectivity index (χ2v) is 6.08. The summed E-state index contributed by atoms with van der Waals surface area (Å²) in [6, 6.07) is 0. The van der Waals surface area contributed by atoms with Gasteiger partial charge in [-0.3, -0.25) is 4.79 Å². The minimum Gasteiger partial charge on any atom is -0.393 e. The molecular weight excluding hydrogens is 188 g/mol. The zero-order valence-corrected chi connectivity index (χ0v) is 9.30. The number of aliphatic hydroxyl groups is 1.